The minimum Gasteiger partial charge on any atom is -0.325 e. The van der Waals surface area contributed by atoms with E-state index in [1.165, 1.54) is 27.6 Å². The molecule has 0 spiro atoms. The lowest BCUT2D eigenvalue weighted by molar-refractivity contribution is -0.133. The zero-order valence-electron chi connectivity index (χ0n) is 17.7. The van der Waals surface area contributed by atoms with Gasteiger partial charge in [-0.15, -0.1) is 0 Å². The summed E-state index contributed by atoms with van der Waals surface area (Å²) < 4.78 is 24.8. The van der Waals surface area contributed by atoms with Crippen LogP contribution in [0.3, 0.4) is 0 Å². The molecule has 3 rings (SSSR count). The second-order valence-electron chi connectivity index (χ2n) is 6.92. The summed E-state index contributed by atoms with van der Waals surface area (Å²) in [6.07, 6.45) is 3.91. The summed E-state index contributed by atoms with van der Waals surface area (Å²) in [7, 11) is -3.70. The Kier molecular flexibility index (Phi) is 7.06. The van der Waals surface area contributed by atoms with E-state index >= 15 is 0 Å². The van der Waals surface area contributed by atoms with Gasteiger partial charge < -0.3 is 4.90 Å². The zero-order chi connectivity index (χ0) is 23.6. The van der Waals surface area contributed by atoms with Gasteiger partial charge in [0.15, 0.2) is 5.11 Å². The van der Waals surface area contributed by atoms with Crippen molar-refractivity contribution < 1.29 is 22.8 Å². The van der Waals surface area contributed by atoms with Gasteiger partial charge in [0.2, 0.25) is 10.0 Å². The van der Waals surface area contributed by atoms with Gasteiger partial charge in [-0.05, 0) is 50.4 Å². The van der Waals surface area contributed by atoms with Gasteiger partial charge >= 0.3 is 0 Å². The number of thioether (sulfide) groups is 1. The molecule has 1 N–H and O–H groups in total. The van der Waals surface area contributed by atoms with Crippen molar-refractivity contribution in [2.24, 2.45) is 0 Å². The topological polar surface area (TPSA) is 107 Å². The zero-order valence-corrected chi connectivity index (χ0v) is 20.1. The summed E-state index contributed by atoms with van der Waals surface area (Å²) in [4.78, 5) is 43.1. The van der Waals surface area contributed by atoms with E-state index in [9.17, 15) is 22.8 Å². The number of hydrogen-bond acceptors (Lipinski definition) is 8. The summed E-state index contributed by atoms with van der Waals surface area (Å²) >= 11 is 6.61. The fourth-order valence-electron chi connectivity index (χ4n) is 3.28. The Morgan fingerprint density at radius 2 is 1.66 bits per heavy atom. The number of sulfonamides is 1. The van der Waals surface area contributed by atoms with Crippen molar-refractivity contribution in [3.05, 3.63) is 47.0 Å². The lowest BCUT2D eigenvalue weighted by atomic mass is 10.1. The van der Waals surface area contributed by atoms with Gasteiger partial charge in [-0.25, -0.2) is 8.42 Å². The minimum atomic E-state index is -3.70. The molecule has 2 aliphatic rings. The van der Waals surface area contributed by atoms with Gasteiger partial charge in [0.25, 0.3) is 17.7 Å². The minimum absolute atomic E-state index is 0.0353. The number of amides is 3. The molecule has 0 bridgehead atoms. The number of fused-ring (bicyclic) bond motifs is 1. The van der Waals surface area contributed by atoms with Crippen molar-refractivity contribution in [1.29, 1.82) is 0 Å². The number of carbonyl (C=O) groups is 3. The number of allylic oxidation sites excluding steroid dienone is 2. The number of carbonyl (C=O) groups excluding carboxylic acids is 3. The molecule has 2 aliphatic heterocycles. The Morgan fingerprint density at radius 3 is 2.22 bits per heavy atom. The standard InChI is InChI=1S/C20H22N4O5S3/c1-4-22-18(26)13(19(27)23(5-2)20(22)30)10-11-17-24(12-16(25)21-32(3,28)29)14-8-6-7-9-15(14)31-17/h6-11H,4-5,12H2,1-3H3,(H,21,25)/b17-11-. The molecule has 0 atom stereocenters. The lowest BCUT2D eigenvalue weighted by Crippen LogP contribution is -2.55. The van der Waals surface area contributed by atoms with Crippen molar-refractivity contribution in [3.8, 4) is 0 Å². The van der Waals surface area contributed by atoms with Gasteiger partial charge in [-0.1, -0.05) is 23.9 Å². The predicted molar refractivity (Wildman–Crippen MR) is 126 cm³/mol. The van der Waals surface area contributed by atoms with E-state index in [-0.39, 0.29) is 17.2 Å². The average molecular weight is 495 g/mol. The normalized spacial score (nSPS) is 17.8. The molecule has 9 nitrogen and oxygen atoms in total. The van der Waals surface area contributed by atoms with Crippen molar-refractivity contribution in [3.63, 3.8) is 0 Å². The number of thiocarbonyl (C=S) groups is 1. The Balaban J connectivity index is 1.97. The smallest absolute Gasteiger partial charge is 0.265 e. The van der Waals surface area contributed by atoms with Crippen LogP contribution < -0.4 is 9.62 Å². The largest absolute Gasteiger partial charge is 0.325 e. The number of anilines is 1. The third kappa shape index (κ3) is 4.87. The van der Waals surface area contributed by atoms with Crippen LogP contribution in [-0.2, 0) is 24.4 Å². The molecular weight excluding hydrogens is 472 g/mol. The summed E-state index contributed by atoms with van der Waals surface area (Å²) in [5.41, 5.74) is 0.686. The predicted octanol–water partition coefficient (Wildman–Crippen LogP) is 1.44. The van der Waals surface area contributed by atoms with Gasteiger partial charge in [-0.3, -0.25) is 28.9 Å². The number of likely N-dealkylation sites (N-methyl/N-ethyl adjacent to an activating group) is 2. The highest BCUT2D eigenvalue weighted by atomic mass is 32.2. The fourth-order valence-corrected chi connectivity index (χ4v) is 5.25. The monoisotopic (exact) mass is 494 g/mol. The molecule has 0 aromatic heterocycles. The molecule has 1 aromatic rings. The van der Waals surface area contributed by atoms with Crippen molar-refractivity contribution in [1.82, 2.24) is 14.5 Å². The maximum Gasteiger partial charge on any atom is 0.265 e. The number of nitrogens with one attached hydrogen (secondary N) is 1. The maximum absolute atomic E-state index is 12.8. The Bertz CT molecular complexity index is 1130. The van der Waals surface area contributed by atoms with Crippen molar-refractivity contribution in [2.75, 3.05) is 30.8 Å². The molecule has 0 unspecified atom stereocenters. The van der Waals surface area contributed by atoms with Crippen molar-refractivity contribution >= 4 is 62.5 Å². The Labute approximate surface area is 196 Å². The van der Waals surface area contributed by atoms with Crippen LogP contribution in [0.2, 0.25) is 0 Å². The molecule has 170 valence electrons. The number of nitrogens with zero attached hydrogens (tertiary/aromatic N) is 3. The van der Waals surface area contributed by atoms with E-state index in [1.807, 2.05) is 16.9 Å². The van der Waals surface area contributed by atoms with Crippen LogP contribution in [0, 0.1) is 0 Å². The van der Waals surface area contributed by atoms with E-state index in [2.05, 4.69) is 0 Å². The summed E-state index contributed by atoms with van der Waals surface area (Å²) in [5.74, 6) is -1.66. The van der Waals surface area contributed by atoms with E-state index < -0.39 is 27.7 Å². The van der Waals surface area contributed by atoms with Crippen LogP contribution in [0.4, 0.5) is 5.69 Å². The van der Waals surface area contributed by atoms with E-state index in [0.717, 1.165) is 16.8 Å². The average Bonchev–Trinajstić information content (AvgIpc) is 3.04. The molecule has 2 heterocycles. The molecule has 0 aliphatic carbocycles. The quantitative estimate of drug-likeness (QED) is 0.360. The molecule has 1 saturated heterocycles. The van der Waals surface area contributed by atoms with Crippen LogP contribution in [-0.4, -0.2) is 66.9 Å². The molecule has 0 saturated carbocycles. The van der Waals surface area contributed by atoms with Crippen LogP contribution in [0.25, 0.3) is 0 Å². The highest BCUT2D eigenvalue weighted by Crippen LogP contribution is 2.45. The molecule has 0 radical (unpaired) electrons. The second kappa shape index (κ2) is 9.43. The highest BCUT2D eigenvalue weighted by molar-refractivity contribution is 8.03. The summed E-state index contributed by atoms with van der Waals surface area (Å²) in [6, 6.07) is 7.31. The van der Waals surface area contributed by atoms with Gasteiger partial charge in [0, 0.05) is 18.0 Å². The van der Waals surface area contributed by atoms with E-state index in [0.29, 0.717) is 18.1 Å². The summed E-state index contributed by atoms with van der Waals surface area (Å²) in [5, 5.41) is 0.749. The van der Waals surface area contributed by atoms with Gasteiger partial charge in [0.1, 0.15) is 12.1 Å². The third-order valence-corrected chi connectivity index (χ3v) is 6.85. The first kappa shape index (κ1) is 24.0. The third-order valence-electron chi connectivity index (χ3n) is 4.68. The fraction of sp³-hybridized carbons (Fsp3) is 0.300. The lowest BCUT2D eigenvalue weighted by Gasteiger charge is -2.35. The van der Waals surface area contributed by atoms with Crippen LogP contribution in [0.15, 0.2) is 51.9 Å². The van der Waals surface area contributed by atoms with E-state index in [1.54, 1.807) is 37.0 Å². The number of hydrogen-bond donors (Lipinski definition) is 1. The Morgan fingerprint density at radius 1 is 1.06 bits per heavy atom. The van der Waals surface area contributed by atoms with Crippen LogP contribution in [0.1, 0.15) is 13.8 Å². The molecular formula is C20H22N4O5S3. The second-order valence-corrected chi connectivity index (χ2v) is 10.1. The first-order valence-corrected chi connectivity index (χ1v) is 12.8. The van der Waals surface area contributed by atoms with Gasteiger partial charge in [0.05, 0.1) is 17.0 Å². The molecule has 1 fully saturated rings. The number of rotatable bonds is 6. The maximum atomic E-state index is 12.8. The summed E-state index contributed by atoms with van der Waals surface area (Å²) in [6.45, 7) is 3.95. The number of para-hydroxylation sites is 1. The SMILES string of the molecule is CCN1C(=O)C(=C/C=C2\Sc3ccccc3N2CC(=O)NS(C)(=O)=O)C(=O)N(CC)C1=S. The molecule has 3 amide bonds. The first-order chi connectivity index (χ1) is 15.1. The molecule has 32 heavy (non-hydrogen) atoms. The first-order valence-electron chi connectivity index (χ1n) is 9.72. The molecule has 1 aromatic carbocycles. The molecule has 12 heteroatoms. The highest BCUT2D eigenvalue weighted by Gasteiger charge is 2.37. The van der Waals surface area contributed by atoms with Crippen LogP contribution >= 0.6 is 24.0 Å². The van der Waals surface area contributed by atoms with E-state index in [4.69, 9.17) is 12.2 Å². The number of benzene rings is 1. The van der Waals surface area contributed by atoms with Gasteiger partial charge in [-0.2, -0.15) is 0 Å². The Hall–Kier alpha value is -2.70. The van der Waals surface area contributed by atoms with Crippen molar-refractivity contribution in [2.45, 2.75) is 18.7 Å². The van der Waals surface area contributed by atoms with Crippen LogP contribution in [0.5, 0.6) is 0 Å².